The Morgan fingerprint density at radius 3 is 2.73 bits per heavy atom. The number of hydrogen-bond acceptors (Lipinski definition) is 6. The molecular formula is C21H21FN4O4. The number of rotatable bonds is 5. The third-order valence-corrected chi connectivity index (χ3v) is 6.08. The summed E-state index contributed by atoms with van der Waals surface area (Å²) in [5.74, 6) is -1.16. The van der Waals surface area contributed by atoms with Crippen LogP contribution in [0.15, 0.2) is 40.8 Å². The highest BCUT2D eigenvalue weighted by atomic mass is 19.1. The monoisotopic (exact) mass is 412 g/mol. The van der Waals surface area contributed by atoms with Crippen molar-refractivity contribution in [3.05, 3.63) is 54.0 Å². The number of carbonyl (C=O) groups is 2. The lowest BCUT2D eigenvalue weighted by molar-refractivity contribution is -0.139. The van der Waals surface area contributed by atoms with Gasteiger partial charge in [-0.05, 0) is 24.3 Å². The van der Waals surface area contributed by atoms with Gasteiger partial charge in [-0.1, -0.05) is 19.1 Å². The van der Waals surface area contributed by atoms with E-state index in [9.17, 15) is 14.0 Å². The second-order valence-electron chi connectivity index (χ2n) is 7.94. The molecule has 3 aliphatic rings. The highest BCUT2D eigenvalue weighted by Crippen LogP contribution is 2.53. The van der Waals surface area contributed by atoms with Crippen molar-refractivity contribution in [1.82, 2.24) is 15.1 Å². The number of aromatic nitrogens is 2. The number of halogens is 1. The average molecular weight is 412 g/mol. The molecular weight excluding hydrogens is 391 g/mol. The number of hydrogen-bond donors (Lipinski definition) is 0. The molecule has 4 heterocycles. The molecule has 2 unspecified atom stereocenters. The summed E-state index contributed by atoms with van der Waals surface area (Å²) in [5, 5.41) is 7.88. The largest absolute Gasteiger partial charge is 0.423 e. The number of benzene rings is 1. The maximum absolute atomic E-state index is 13.3. The van der Waals surface area contributed by atoms with Crippen molar-refractivity contribution < 1.29 is 23.1 Å². The Bertz CT molecular complexity index is 1040. The van der Waals surface area contributed by atoms with Crippen LogP contribution in [-0.2, 0) is 27.3 Å². The van der Waals surface area contributed by atoms with Crippen LogP contribution in [0.25, 0.3) is 0 Å². The van der Waals surface area contributed by atoms with E-state index in [-0.39, 0.29) is 24.2 Å². The molecule has 30 heavy (non-hydrogen) atoms. The molecule has 0 radical (unpaired) electrons. The van der Waals surface area contributed by atoms with Crippen molar-refractivity contribution in [3.8, 4) is 0 Å². The SMILES string of the molecule is CCc1nnc(CN(C)C(=O)C2C3C(=O)N(c4ccc(F)cc4)C[C@@]34C=C[C@@H]2O4)o1. The predicted molar refractivity (Wildman–Crippen MR) is 103 cm³/mol. The minimum absolute atomic E-state index is 0.161. The highest BCUT2D eigenvalue weighted by Gasteiger charge is 2.67. The fourth-order valence-electron chi connectivity index (χ4n) is 4.65. The smallest absolute Gasteiger partial charge is 0.235 e. The van der Waals surface area contributed by atoms with Gasteiger partial charge in [0.05, 0.1) is 31.0 Å². The van der Waals surface area contributed by atoms with Crippen LogP contribution in [0.1, 0.15) is 18.7 Å². The van der Waals surface area contributed by atoms with E-state index in [0.717, 1.165) is 0 Å². The maximum Gasteiger partial charge on any atom is 0.235 e. The molecule has 2 bridgehead atoms. The molecule has 4 atom stereocenters. The first-order valence-corrected chi connectivity index (χ1v) is 9.92. The van der Waals surface area contributed by atoms with Crippen molar-refractivity contribution in [2.75, 3.05) is 18.5 Å². The predicted octanol–water partition coefficient (Wildman–Crippen LogP) is 1.72. The summed E-state index contributed by atoms with van der Waals surface area (Å²) in [7, 11) is 1.65. The zero-order chi connectivity index (χ0) is 21.0. The summed E-state index contributed by atoms with van der Waals surface area (Å²) in [4.78, 5) is 29.7. The van der Waals surface area contributed by atoms with Gasteiger partial charge in [-0.2, -0.15) is 0 Å². The van der Waals surface area contributed by atoms with Crippen LogP contribution in [0.5, 0.6) is 0 Å². The Hall–Kier alpha value is -3.07. The number of ether oxygens (including phenoxy) is 1. The highest BCUT2D eigenvalue weighted by molar-refractivity contribution is 6.03. The van der Waals surface area contributed by atoms with Crippen molar-refractivity contribution in [2.24, 2.45) is 11.8 Å². The van der Waals surface area contributed by atoms with Crippen molar-refractivity contribution >= 4 is 17.5 Å². The molecule has 3 aliphatic heterocycles. The van der Waals surface area contributed by atoms with E-state index in [1.165, 1.54) is 17.0 Å². The molecule has 1 aromatic heterocycles. The summed E-state index contributed by atoms with van der Waals surface area (Å²) in [6.45, 7) is 2.36. The van der Waals surface area contributed by atoms with Gasteiger partial charge in [-0.25, -0.2) is 4.39 Å². The quantitative estimate of drug-likeness (QED) is 0.695. The van der Waals surface area contributed by atoms with Crippen LogP contribution in [0.2, 0.25) is 0 Å². The van der Waals surface area contributed by atoms with Crippen LogP contribution in [0, 0.1) is 17.7 Å². The van der Waals surface area contributed by atoms with E-state index < -0.39 is 23.5 Å². The fourth-order valence-corrected chi connectivity index (χ4v) is 4.65. The zero-order valence-corrected chi connectivity index (χ0v) is 16.6. The van der Waals surface area contributed by atoms with Crippen LogP contribution in [0.4, 0.5) is 10.1 Å². The lowest BCUT2D eigenvalue weighted by atomic mass is 9.76. The molecule has 0 N–H and O–H groups in total. The molecule has 2 saturated heterocycles. The summed E-state index contributed by atoms with van der Waals surface area (Å²) in [5.41, 5.74) is -0.250. The number of fused-ring (bicyclic) bond motifs is 1. The molecule has 1 aromatic carbocycles. The van der Waals surface area contributed by atoms with Gasteiger partial charge in [0.15, 0.2) is 0 Å². The van der Waals surface area contributed by atoms with Gasteiger partial charge < -0.3 is 19.0 Å². The van der Waals surface area contributed by atoms with E-state index in [1.807, 2.05) is 19.1 Å². The fraction of sp³-hybridized carbons (Fsp3) is 0.429. The normalized spacial score (nSPS) is 29.0. The Morgan fingerprint density at radius 1 is 1.30 bits per heavy atom. The second kappa shape index (κ2) is 6.73. The van der Waals surface area contributed by atoms with Gasteiger partial charge in [-0.3, -0.25) is 9.59 Å². The number of carbonyl (C=O) groups excluding carboxylic acids is 2. The number of nitrogens with zero attached hydrogens (tertiary/aromatic N) is 4. The molecule has 0 aliphatic carbocycles. The molecule has 2 fully saturated rings. The van der Waals surface area contributed by atoms with Gasteiger partial charge in [0.25, 0.3) is 0 Å². The first-order chi connectivity index (χ1) is 14.4. The summed E-state index contributed by atoms with van der Waals surface area (Å²) >= 11 is 0. The number of aryl methyl sites for hydroxylation is 1. The molecule has 156 valence electrons. The minimum Gasteiger partial charge on any atom is -0.423 e. The van der Waals surface area contributed by atoms with Crippen LogP contribution >= 0.6 is 0 Å². The Kier molecular flexibility index (Phi) is 4.25. The molecule has 1 spiro atoms. The van der Waals surface area contributed by atoms with Gasteiger partial charge in [0.2, 0.25) is 23.6 Å². The van der Waals surface area contributed by atoms with Crippen molar-refractivity contribution in [1.29, 1.82) is 0 Å². The molecule has 2 aromatic rings. The van der Waals surface area contributed by atoms with Crippen molar-refractivity contribution in [2.45, 2.75) is 31.6 Å². The molecule has 8 nitrogen and oxygen atoms in total. The van der Waals surface area contributed by atoms with E-state index >= 15 is 0 Å². The second-order valence-corrected chi connectivity index (χ2v) is 7.94. The van der Waals surface area contributed by atoms with Crippen molar-refractivity contribution in [3.63, 3.8) is 0 Å². The van der Waals surface area contributed by atoms with E-state index in [4.69, 9.17) is 9.15 Å². The topological polar surface area (TPSA) is 88.8 Å². The summed E-state index contributed by atoms with van der Waals surface area (Å²) in [6.07, 6.45) is 3.92. The van der Waals surface area contributed by atoms with Gasteiger partial charge in [0.1, 0.15) is 11.4 Å². The Morgan fingerprint density at radius 2 is 2.03 bits per heavy atom. The van der Waals surface area contributed by atoms with E-state index in [0.29, 0.717) is 30.4 Å². The number of amides is 2. The van der Waals surface area contributed by atoms with E-state index in [1.54, 1.807) is 24.1 Å². The average Bonchev–Trinajstić information content (AvgIpc) is 3.49. The van der Waals surface area contributed by atoms with Gasteiger partial charge in [-0.15, -0.1) is 10.2 Å². The Labute approximate surface area is 172 Å². The lowest BCUT2D eigenvalue weighted by Gasteiger charge is -2.27. The minimum atomic E-state index is -0.836. The third-order valence-electron chi connectivity index (χ3n) is 6.08. The van der Waals surface area contributed by atoms with Crippen LogP contribution < -0.4 is 4.90 Å². The first kappa shape index (κ1) is 18.9. The van der Waals surface area contributed by atoms with Crippen LogP contribution in [-0.4, -0.2) is 52.2 Å². The first-order valence-electron chi connectivity index (χ1n) is 9.92. The van der Waals surface area contributed by atoms with Gasteiger partial charge in [0, 0.05) is 19.2 Å². The molecule has 5 rings (SSSR count). The van der Waals surface area contributed by atoms with E-state index in [2.05, 4.69) is 10.2 Å². The molecule has 0 saturated carbocycles. The molecule has 2 amide bonds. The van der Waals surface area contributed by atoms with Gasteiger partial charge >= 0.3 is 0 Å². The maximum atomic E-state index is 13.3. The zero-order valence-electron chi connectivity index (χ0n) is 16.6. The summed E-state index contributed by atoms with van der Waals surface area (Å²) < 4.78 is 24.9. The molecule has 9 heteroatoms. The summed E-state index contributed by atoms with van der Waals surface area (Å²) in [6, 6.07) is 5.75. The standard InChI is InChI=1S/C21H21FN4O4/c1-3-15-23-24-16(29-15)10-25(2)19(27)17-14-8-9-21(30-14)11-26(20(28)18(17)21)13-6-4-12(22)5-7-13/h4-9,14,17-18H,3,10-11H2,1-2H3/t14-,17?,18?,21-/m0/s1. The number of anilines is 1. The third kappa shape index (κ3) is 2.76. The lowest BCUT2D eigenvalue weighted by Crippen LogP contribution is -2.44. The Balaban J connectivity index is 1.39. The van der Waals surface area contributed by atoms with Crippen LogP contribution in [0.3, 0.4) is 0 Å².